The summed E-state index contributed by atoms with van der Waals surface area (Å²) in [7, 11) is 0. The molecule has 1 saturated heterocycles. The smallest absolute Gasteiger partial charge is 0.272 e. The number of rotatable bonds is 3. The predicted molar refractivity (Wildman–Crippen MR) is 112 cm³/mol. The molecule has 0 spiro atoms. The molecule has 1 fully saturated rings. The topological polar surface area (TPSA) is 76.9 Å². The van der Waals surface area contributed by atoms with Gasteiger partial charge >= 0.3 is 0 Å². The Bertz CT molecular complexity index is 1140. The maximum Gasteiger partial charge on any atom is 0.272 e. The highest BCUT2D eigenvalue weighted by Crippen LogP contribution is 2.31. The Balaban J connectivity index is 1.22. The van der Waals surface area contributed by atoms with Gasteiger partial charge in [-0.15, -0.1) is 0 Å². The molecule has 1 atom stereocenters. The molecule has 164 valence electrons. The van der Waals surface area contributed by atoms with Crippen LogP contribution >= 0.6 is 0 Å². The number of imidazole rings is 1. The number of ether oxygens (including phenoxy) is 2. The fourth-order valence-electron chi connectivity index (χ4n) is 3.90. The number of fused-ring (bicyclic) bond motifs is 1. The number of carbonyl (C=O) groups excluding carboxylic acids is 2. The minimum absolute atomic E-state index is 0.150. The molecule has 0 radical (unpaired) electrons. The highest BCUT2D eigenvalue weighted by molar-refractivity contribution is 5.93. The van der Waals surface area contributed by atoms with Crippen LogP contribution in [0.15, 0.2) is 61.1 Å². The summed E-state index contributed by atoms with van der Waals surface area (Å²) in [5, 5.41) is 0. The van der Waals surface area contributed by atoms with E-state index in [-0.39, 0.29) is 24.2 Å². The number of hydrogen-bond acceptors (Lipinski definition) is 5. The van der Waals surface area contributed by atoms with Crippen molar-refractivity contribution in [2.45, 2.75) is 6.10 Å². The van der Waals surface area contributed by atoms with Gasteiger partial charge in [-0.3, -0.25) is 14.2 Å². The first-order valence-corrected chi connectivity index (χ1v) is 10.3. The van der Waals surface area contributed by atoms with E-state index in [0.29, 0.717) is 49.1 Å². The molecule has 0 bridgehead atoms. The van der Waals surface area contributed by atoms with Crippen molar-refractivity contribution in [3.63, 3.8) is 0 Å². The van der Waals surface area contributed by atoms with Crippen molar-refractivity contribution >= 4 is 11.8 Å². The van der Waals surface area contributed by atoms with Crippen LogP contribution in [0.1, 0.15) is 10.5 Å². The number of benzene rings is 2. The van der Waals surface area contributed by atoms with Crippen LogP contribution in [0.3, 0.4) is 0 Å². The lowest BCUT2D eigenvalue weighted by Gasteiger charge is -2.37. The van der Waals surface area contributed by atoms with Gasteiger partial charge < -0.3 is 19.3 Å². The molecule has 32 heavy (non-hydrogen) atoms. The van der Waals surface area contributed by atoms with Crippen LogP contribution in [0.25, 0.3) is 5.69 Å². The van der Waals surface area contributed by atoms with Gasteiger partial charge in [0, 0.05) is 31.9 Å². The molecule has 3 aromatic rings. The normalized spacial score (nSPS) is 17.8. The fraction of sp³-hybridized carbons (Fsp3) is 0.261. The Hall–Kier alpha value is -3.88. The van der Waals surface area contributed by atoms with E-state index in [2.05, 4.69) is 4.98 Å². The number of aromatic nitrogens is 2. The Kier molecular flexibility index (Phi) is 5.22. The van der Waals surface area contributed by atoms with E-state index in [0.717, 1.165) is 0 Å². The van der Waals surface area contributed by atoms with E-state index in [9.17, 15) is 14.0 Å². The summed E-state index contributed by atoms with van der Waals surface area (Å²) in [6, 6.07) is 13.1. The monoisotopic (exact) mass is 436 g/mol. The molecule has 5 rings (SSSR count). The van der Waals surface area contributed by atoms with E-state index in [1.165, 1.54) is 24.7 Å². The summed E-state index contributed by atoms with van der Waals surface area (Å²) in [5.74, 6) is 0.496. The highest BCUT2D eigenvalue weighted by atomic mass is 19.1. The molecular weight excluding hydrogens is 415 g/mol. The quantitative estimate of drug-likeness (QED) is 0.629. The summed E-state index contributed by atoms with van der Waals surface area (Å²) < 4.78 is 26.3. The molecule has 2 aromatic carbocycles. The van der Waals surface area contributed by atoms with Crippen molar-refractivity contribution in [2.75, 3.05) is 32.8 Å². The summed E-state index contributed by atoms with van der Waals surface area (Å²) >= 11 is 0. The molecule has 2 aliphatic rings. The van der Waals surface area contributed by atoms with Crippen molar-refractivity contribution < 1.29 is 23.5 Å². The third-order valence-corrected chi connectivity index (χ3v) is 5.63. The number of para-hydroxylation sites is 2. The predicted octanol–water partition coefficient (Wildman–Crippen LogP) is 2.14. The standard InChI is InChI=1S/C23H21FN4O4/c24-16-5-7-17(8-6-16)28-15-25-13-18(28)22(29)26-9-11-27(12-10-26)23(30)21-14-31-19-3-1-2-4-20(19)32-21/h1-8,13,15,21H,9-12,14H2. The maximum atomic E-state index is 13.2. The number of halogens is 1. The molecule has 1 aromatic heterocycles. The van der Waals surface area contributed by atoms with E-state index < -0.39 is 6.10 Å². The van der Waals surface area contributed by atoms with Crippen molar-refractivity contribution in [1.29, 1.82) is 0 Å². The SMILES string of the molecule is O=C(c1cncn1-c1ccc(F)cc1)N1CCN(C(=O)C2COc3ccccc3O2)CC1. The molecule has 9 heteroatoms. The van der Waals surface area contributed by atoms with E-state index in [4.69, 9.17) is 9.47 Å². The van der Waals surface area contributed by atoms with Gasteiger partial charge in [0.1, 0.15) is 18.1 Å². The Labute approximate surface area is 183 Å². The zero-order chi connectivity index (χ0) is 22.1. The van der Waals surface area contributed by atoms with E-state index in [1.807, 2.05) is 12.1 Å². The highest BCUT2D eigenvalue weighted by Gasteiger charge is 2.34. The lowest BCUT2D eigenvalue weighted by atomic mass is 10.2. The summed E-state index contributed by atoms with van der Waals surface area (Å²) in [6.07, 6.45) is 2.32. The molecule has 3 heterocycles. The average Bonchev–Trinajstić information content (AvgIpc) is 3.33. The number of nitrogens with zero attached hydrogens (tertiary/aromatic N) is 4. The fourth-order valence-corrected chi connectivity index (χ4v) is 3.90. The second kappa shape index (κ2) is 8.33. The zero-order valence-electron chi connectivity index (χ0n) is 17.2. The Morgan fingerprint density at radius 1 is 0.938 bits per heavy atom. The summed E-state index contributed by atoms with van der Waals surface area (Å²) in [5.41, 5.74) is 1.03. The first-order valence-electron chi connectivity index (χ1n) is 10.3. The number of amides is 2. The van der Waals surface area contributed by atoms with Crippen LogP contribution in [0.4, 0.5) is 4.39 Å². The van der Waals surface area contributed by atoms with E-state index >= 15 is 0 Å². The van der Waals surface area contributed by atoms with Gasteiger partial charge in [0.25, 0.3) is 11.8 Å². The van der Waals surface area contributed by atoms with Crippen molar-refractivity contribution in [3.05, 3.63) is 72.6 Å². The average molecular weight is 436 g/mol. The molecule has 2 amide bonds. The molecule has 1 unspecified atom stereocenters. The van der Waals surface area contributed by atoms with E-state index in [1.54, 1.807) is 38.6 Å². The molecule has 0 N–H and O–H groups in total. The minimum atomic E-state index is -0.702. The number of piperazine rings is 1. The lowest BCUT2D eigenvalue weighted by Crippen LogP contribution is -2.55. The Morgan fingerprint density at radius 2 is 1.62 bits per heavy atom. The molecule has 0 aliphatic carbocycles. The van der Waals surface area contributed by atoms with Crippen LogP contribution in [0, 0.1) is 5.82 Å². The third-order valence-electron chi connectivity index (χ3n) is 5.63. The summed E-state index contributed by atoms with van der Waals surface area (Å²) in [6.45, 7) is 1.74. The lowest BCUT2D eigenvalue weighted by molar-refractivity contribution is -0.142. The molecular formula is C23H21FN4O4. The minimum Gasteiger partial charge on any atom is -0.485 e. The molecule has 0 saturated carbocycles. The number of hydrogen-bond donors (Lipinski definition) is 0. The van der Waals surface area contributed by atoms with Gasteiger partial charge in [-0.1, -0.05) is 12.1 Å². The molecule has 2 aliphatic heterocycles. The molecule has 8 nitrogen and oxygen atoms in total. The largest absolute Gasteiger partial charge is 0.485 e. The van der Waals surface area contributed by atoms with Gasteiger partial charge in [-0.25, -0.2) is 9.37 Å². The van der Waals surface area contributed by atoms with Gasteiger partial charge in [0.15, 0.2) is 11.5 Å². The van der Waals surface area contributed by atoms with Crippen molar-refractivity contribution in [1.82, 2.24) is 19.4 Å². The zero-order valence-corrected chi connectivity index (χ0v) is 17.2. The van der Waals surface area contributed by atoms with Gasteiger partial charge in [-0.05, 0) is 36.4 Å². The van der Waals surface area contributed by atoms with Crippen molar-refractivity contribution in [3.8, 4) is 17.2 Å². The third kappa shape index (κ3) is 3.77. The summed E-state index contributed by atoms with van der Waals surface area (Å²) in [4.78, 5) is 33.5. The van der Waals surface area contributed by atoms with Crippen LogP contribution in [0.5, 0.6) is 11.5 Å². The van der Waals surface area contributed by atoms with Crippen LogP contribution < -0.4 is 9.47 Å². The number of carbonyl (C=O) groups is 2. The van der Waals surface area contributed by atoms with Gasteiger partial charge in [-0.2, -0.15) is 0 Å². The van der Waals surface area contributed by atoms with Crippen LogP contribution in [0.2, 0.25) is 0 Å². The Morgan fingerprint density at radius 3 is 2.38 bits per heavy atom. The first-order chi connectivity index (χ1) is 15.6. The van der Waals surface area contributed by atoms with Crippen molar-refractivity contribution in [2.24, 2.45) is 0 Å². The van der Waals surface area contributed by atoms with Crippen LogP contribution in [-0.2, 0) is 4.79 Å². The van der Waals surface area contributed by atoms with Crippen LogP contribution in [-0.4, -0.2) is 70.1 Å². The van der Waals surface area contributed by atoms with Gasteiger partial charge in [0.2, 0.25) is 6.10 Å². The van der Waals surface area contributed by atoms with Gasteiger partial charge in [0.05, 0.1) is 12.5 Å². The second-order valence-corrected chi connectivity index (χ2v) is 7.61. The first kappa shape index (κ1) is 20.0. The maximum absolute atomic E-state index is 13.2. The second-order valence-electron chi connectivity index (χ2n) is 7.61.